The number of pyridine rings is 8. The molecule has 4 aromatic carbocycles. The number of rotatable bonds is 11. The van der Waals surface area contributed by atoms with E-state index in [9.17, 15) is 0 Å². The van der Waals surface area contributed by atoms with Crippen molar-refractivity contribution in [3.8, 4) is 89.9 Å². The molecule has 0 saturated carbocycles. The molecule has 0 bridgehead atoms. The molecule has 0 unspecified atom stereocenters. The number of hydrogen-bond donors (Lipinski definition) is 0. The molecule has 12 aromatic rings. The first-order valence-electron chi connectivity index (χ1n) is 30.5. The molecule has 0 fully saturated rings. The van der Waals surface area contributed by atoms with Crippen LogP contribution >= 0.6 is 0 Å². The smallest absolute Gasteiger partial charge is 0.212 e. The fourth-order valence-electron chi connectivity index (χ4n) is 11.0. The summed E-state index contributed by atoms with van der Waals surface area (Å²) >= 11 is 0. The van der Waals surface area contributed by atoms with Gasteiger partial charge in [0.1, 0.15) is 28.2 Å². The first-order valence-corrected chi connectivity index (χ1v) is 30.5. The van der Waals surface area contributed by atoms with E-state index in [1.165, 1.54) is 78.4 Å². The normalized spacial score (nSPS) is 10.8. The van der Waals surface area contributed by atoms with Crippen LogP contribution in [0, 0.1) is 40.5 Å². The number of nitrogens with zero attached hydrogens (tertiary/aromatic N) is 8. The van der Waals surface area contributed by atoms with Gasteiger partial charge in [0, 0.05) is 81.6 Å². The van der Waals surface area contributed by atoms with Crippen molar-refractivity contribution in [1.29, 1.82) is 0 Å². The first-order chi connectivity index (χ1) is 42.5. The van der Waals surface area contributed by atoms with Gasteiger partial charge in [0.15, 0.2) is 24.8 Å². The van der Waals surface area contributed by atoms with Gasteiger partial charge >= 0.3 is 0 Å². The van der Waals surface area contributed by atoms with Gasteiger partial charge in [-0.3, -0.25) is 19.9 Å². The standard InChI is InChI=1S/C22H25N2.C21H23N2.C19H19N2.C18H17N2/c1-16(2)14-19-9-7-11-21(23-19)18-12-13-22(24(4)15-18)20-10-6-5-8-17(20)3;1-15(2)19-10-7-11-20(22-19)17-12-13-21(23(4)14-17)18-9-6-5-8-16(18)3;1-14-7-4-5-9-17(14)19-12-11-16(13-21(19)3)18-10-6-8-15(2)20-18;1-14-5-3-4-6-17(14)18-8-7-16(13-20(18)2)15-9-11-19-12-10-15/h5-13,15-16H,14H2,1-4H3;5-15H,1-4H3;4-13H,1-3H3;3-13H,1-2H3/q4*+1. The summed E-state index contributed by atoms with van der Waals surface area (Å²) in [5, 5.41) is 0. The van der Waals surface area contributed by atoms with Crippen LogP contribution in [0.15, 0.2) is 250 Å². The van der Waals surface area contributed by atoms with Crippen LogP contribution in [0.5, 0.6) is 0 Å². The second-order valence-electron chi connectivity index (χ2n) is 23.5. The van der Waals surface area contributed by atoms with Crippen molar-refractivity contribution in [2.45, 2.75) is 74.7 Å². The lowest BCUT2D eigenvalue weighted by Crippen LogP contribution is -2.30. The molecule has 0 aliphatic carbocycles. The van der Waals surface area contributed by atoms with Crippen molar-refractivity contribution in [2.24, 2.45) is 34.1 Å². The van der Waals surface area contributed by atoms with E-state index in [1.807, 2.05) is 43.6 Å². The van der Waals surface area contributed by atoms with Gasteiger partial charge in [0.25, 0.3) is 0 Å². The average molecular weight is 1160 g/mol. The fourth-order valence-corrected chi connectivity index (χ4v) is 11.0. The topological polar surface area (TPSA) is 67.1 Å². The average Bonchev–Trinajstić information content (AvgIpc) is 3.36. The quantitative estimate of drug-likeness (QED) is 0.121. The zero-order valence-electron chi connectivity index (χ0n) is 53.6. The Morgan fingerprint density at radius 1 is 0.318 bits per heavy atom. The Balaban J connectivity index is 0.000000140. The maximum atomic E-state index is 4.83. The summed E-state index contributed by atoms with van der Waals surface area (Å²) in [6.07, 6.45) is 13.3. The summed E-state index contributed by atoms with van der Waals surface area (Å²) in [6.45, 7) is 19.4. The zero-order chi connectivity index (χ0) is 62.3. The molecule has 0 amide bonds. The lowest BCUT2D eigenvalue weighted by Gasteiger charge is -2.08. The second-order valence-corrected chi connectivity index (χ2v) is 23.5. The van der Waals surface area contributed by atoms with Gasteiger partial charge in [-0.15, -0.1) is 0 Å². The van der Waals surface area contributed by atoms with Crippen molar-refractivity contribution in [2.75, 3.05) is 0 Å². The van der Waals surface area contributed by atoms with Gasteiger partial charge < -0.3 is 0 Å². The molecule has 0 spiro atoms. The summed E-state index contributed by atoms with van der Waals surface area (Å²) in [7, 11) is 8.37. The molecule has 88 heavy (non-hydrogen) atoms. The SMILES string of the molecule is Cc1cccc(-c2ccc(-c3ccccc3C)[n+](C)c2)n1.Cc1ccccc1-c1ccc(-c2cccc(C(C)C)n2)c[n+]1C.Cc1ccccc1-c1ccc(-c2cccc(CC(C)C)n2)c[n+]1C.Cc1ccccc1-c1ccc(-c2ccncc2)c[n+]1C. The minimum absolute atomic E-state index is 0.440. The summed E-state index contributed by atoms with van der Waals surface area (Å²) in [5.41, 5.74) is 27.4. The highest BCUT2D eigenvalue weighted by Crippen LogP contribution is 2.28. The van der Waals surface area contributed by atoms with E-state index < -0.39 is 0 Å². The van der Waals surface area contributed by atoms with E-state index in [-0.39, 0.29) is 0 Å². The van der Waals surface area contributed by atoms with E-state index in [2.05, 4.69) is 325 Å². The highest BCUT2D eigenvalue weighted by Gasteiger charge is 2.19. The molecule has 0 saturated heterocycles. The lowest BCUT2D eigenvalue weighted by atomic mass is 10.0. The van der Waals surface area contributed by atoms with Gasteiger partial charge in [-0.1, -0.05) is 119 Å². The molecule has 0 aliphatic heterocycles. The molecular weight excluding hydrogens is 1070 g/mol. The van der Waals surface area contributed by atoms with Gasteiger partial charge in [-0.2, -0.15) is 0 Å². The number of aryl methyl sites for hydroxylation is 9. The monoisotopic (exact) mass is 1160 g/mol. The molecule has 8 heterocycles. The van der Waals surface area contributed by atoms with Gasteiger partial charge in [0.2, 0.25) is 22.8 Å². The van der Waals surface area contributed by atoms with E-state index in [0.29, 0.717) is 11.8 Å². The van der Waals surface area contributed by atoms with E-state index in [1.54, 1.807) is 0 Å². The van der Waals surface area contributed by atoms with Crippen LogP contribution in [0.3, 0.4) is 0 Å². The van der Waals surface area contributed by atoms with E-state index in [0.717, 1.165) is 57.3 Å². The third-order valence-corrected chi connectivity index (χ3v) is 15.8. The van der Waals surface area contributed by atoms with E-state index in [4.69, 9.17) is 9.97 Å². The Labute approximate surface area is 523 Å². The fraction of sp³-hybridized carbons (Fsp3) is 0.200. The molecule has 8 nitrogen and oxygen atoms in total. The van der Waals surface area contributed by atoms with Gasteiger partial charge in [0.05, 0.1) is 33.8 Å². The summed E-state index contributed by atoms with van der Waals surface area (Å²) in [4.78, 5) is 18.3. The Morgan fingerprint density at radius 2 is 0.670 bits per heavy atom. The maximum Gasteiger partial charge on any atom is 0.212 e. The van der Waals surface area contributed by atoms with Crippen molar-refractivity contribution < 1.29 is 18.3 Å². The van der Waals surface area contributed by atoms with Gasteiger partial charge in [-0.25, -0.2) is 18.3 Å². The van der Waals surface area contributed by atoms with E-state index >= 15 is 0 Å². The Morgan fingerprint density at radius 3 is 1.05 bits per heavy atom. The largest absolute Gasteiger partial charge is 0.265 e. The molecule has 440 valence electrons. The Hall–Kier alpha value is -9.92. The van der Waals surface area contributed by atoms with Crippen LogP contribution in [0.4, 0.5) is 0 Å². The van der Waals surface area contributed by atoms with Crippen LogP contribution < -0.4 is 18.3 Å². The predicted molar refractivity (Wildman–Crippen MR) is 361 cm³/mol. The molecule has 0 N–H and O–H groups in total. The molecular formula is C80H84N8+4. The van der Waals surface area contributed by atoms with Crippen LogP contribution in [0.2, 0.25) is 0 Å². The van der Waals surface area contributed by atoms with Crippen LogP contribution in [-0.4, -0.2) is 19.9 Å². The van der Waals surface area contributed by atoms with Crippen molar-refractivity contribution in [1.82, 2.24) is 19.9 Å². The zero-order valence-corrected chi connectivity index (χ0v) is 53.6. The van der Waals surface area contributed by atoms with Crippen LogP contribution in [0.25, 0.3) is 89.9 Å². The molecule has 8 heteroatoms. The Kier molecular flexibility index (Phi) is 21.0. The third-order valence-electron chi connectivity index (χ3n) is 15.8. The van der Waals surface area contributed by atoms with Crippen molar-refractivity contribution in [3.63, 3.8) is 0 Å². The van der Waals surface area contributed by atoms with Crippen molar-refractivity contribution in [3.05, 3.63) is 289 Å². The number of benzene rings is 4. The molecule has 12 rings (SSSR count). The van der Waals surface area contributed by atoms with Crippen LogP contribution in [0.1, 0.15) is 72.9 Å². The minimum Gasteiger partial charge on any atom is -0.265 e. The maximum absolute atomic E-state index is 4.83. The predicted octanol–water partition coefficient (Wildman–Crippen LogP) is 16.8. The second kappa shape index (κ2) is 29.5. The first kappa shape index (κ1) is 62.6. The molecule has 8 aromatic heterocycles. The molecule has 0 aliphatic rings. The number of aromatic nitrogens is 8. The van der Waals surface area contributed by atoms with Crippen molar-refractivity contribution >= 4 is 0 Å². The highest BCUT2D eigenvalue weighted by molar-refractivity contribution is 5.68. The van der Waals surface area contributed by atoms with Gasteiger partial charge in [-0.05, 0) is 178 Å². The third kappa shape index (κ3) is 15.9. The molecule has 0 radical (unpaired) electrons. The number of hydrogen-bond acceptors (Lipinski definition) is 4. The molecule has 0 atom stereocenters. The summed E-state index contributed by atoms with van der Waals surface area (Å²) in [5.74, 6) is 1.06. The summed E-state index contributed by atoms with van der Waals surface area (Å²) in [6, 6.07) is 74.0. The van der Waals surface area contributed by atoms with Crippen LogP contribution in [-0.2, 0) is 34.6 Å². The minimum atomic E-state index is 0.440. The summed E-state index contributed by atoms with van der Waals surface area (Å²) < 4.78 is 8.72. The highest BCUT2D eigenvalue weighted by atomic mass is 14.9. The lowest BCUT2D eigenvalue weighted by molar-refractivity contribution is -0.660. The Bertz CT molecular complexity index is 4320.